The Morgan fingerprint density at radius 1 is 1.35 bits per heavy atom. The lowest BCUT2D eigenvalue weighted by atomic mass is 10.2. The van der Waals surface area contributed by atoms with Gasteiger partial charge in [0.25, 0.3) is 5.91 Å². The van der Waals surface area contributed by atoms with Crippen molar-refractivity contribution in [3.05, 3.63) is 34.9 Å². The summed E-state index contributed by atoms with van der Waals surface area (Å²) in [5, 5.41) is 3.20. The molecular formula is C13H17ClN2O3S. The molecule has 0 unspecified atom stereocenters. The van der Waals surface area contributed by atoms with Crippen LogP contribution in [-0.4, -0.2) is 44.0 Å². The molecule has 1 amide bonds. The zero-order chi connectivity index (χ0) is 14.6. The van der Waals surface area contributed by atoms with E-state index in [1.807, 2.05) is 0 Å². The van der Waals surface area contributed by atoms with Crippen LogP contribution in [0.3, 0.4) is 0 Å². The van der Waals surface area contributed by atoms with E-state index in [4.69, 9.17) is 11.6 Å². The molecule has 0 aromatic heterocycles. The van der Waals surface area contributed by atoms with E-state index in [1.54, 1.807) is 24.3 Å². The minimum atomic E-state index is -3.13. The van der Waals surface area contributed by atoms with Gasteiger partial charge in [-0.15, -0.1) is 0 Å². The number of hydrogen-bond acceptors (Lipinski definition) is 3. The minimum absolute atomic E-state index is 0.204. The van der Waals surface area contributed by atoms with E-state index in [-0.39, 0.29) is 11.7 Å². The van der Waals surface area contributed by atoms with Gasteiger partial charge in [0.15, 0.2) is 0 Å². The largest absolute Gasteiger partial charge is 0.351 e. The summed E-state index contributed by atoms with van der Waals surface area (Å²) in [5.41, 5.74) is 0.471. The lowest BCUT2D eigenvalue weighted by Gasteiger charge is -2.26. The summed E-state index contributed by atoms with van der Waals surface area (Å²) in [5.74, 6) is -0.0446. The number of sulfonamides is 1. The van der Waals surface area contributed by atoms with Crippen molar-refractivity contribution in [1.29, 1.82) is 0 Å². The van der Waals surface area contributed by atoms with Crippen LogP contribution < -0.4 is 5.32 Å². The molecule has 1 saturated heterocycles. The first-order valence-corrected chi connectivity index (χ1v) is 8.49. The lowest BCUT2D eigenvalue weighted by Crippen LogP contribution is -2.42. The Morgan fingerprint density at radius 2 is 2.15 bits per heavy atom. The molecule has 1 aliphatic rings. The molecule has 7 heteroatoms. The summed E-state index contributed by atoms with van der Waals surface area (Å²) < 4.78 is 25.0. The van der Waals surface area contributed by atoms with Crippen molar-refractivity contribution in [2.24, 2.45) is 0 Å². The van der Waals surface area contributed by atoms with E-state index < -0.39 is 10.0 Å². The molecule has 5 nitrogen and oxygen atoms in total. The second-order valence-electron chi connectivity index (χ2n) is 4.69. The minimum Gasteiger partial charge on any atom is -0.351 e. The van der Waals surface area contributed by atoms with Gasteiger partial charge in [-0.25, -0.2) is 12.7 Å². The van der Waals surface area contributed by atoms with E-state index >= 15 is 0 Å². The molecule has 1 aromatic carbocycles. The smallest absolute Gasteiger partial charge is 0.251 e. The summed E-state index contributed by atoms with van der Waals surface area (Å²) in [6, 6.07) is 6.64. The van der Waals surface area contributed by atoms with Crippen molar-refractivity contribution in [1.82, 2.24) is 9.62 Å². The van der Waals surface area contributed by atoms with E-state index in [9.17, 15) is 13.2 Å². The van der Waals surface area contributed by atoms with Crippen LogP contribution in [0.1, 0.15) is 23.2 Å². The molecule has 1 aromatic rings. The lowest BCUT2D eigenvalue weighted by molar-refractivity contribution is 0.0951. The molecular weight excluding hydrogens is 300 g/mol. The number of carbonyl (C=O) groups excluding carboxylic acids is 1. The standard InChI is InChI=1S/C13H17ClN2O3S/c14-12-5-3-4-11(10-12)13(17)15-6-8-16-7-1-2-9-20(16,18)19/h3-5,10H,1-2,6-9H2,(H,15,17). The van der Waals surface area contributed by atoms with Gasteiger partial charge in [0.05, 0.1) is 5.75 Å². The molecule has 0 atom stereocenters. The zero-order valence-corrected chi connectivity index (χ0v) is 12.6. The quantitative estimate of drug-likeness (QED) is 0.915. The summed E-state index contributed by atoms with van der Waals surface area (Å²) in [4.78, 5) is 11.9. The van der Waals surface area contributed by atoms with Gasteiger partial charge in [-0.3, -0.25) is 4.79 Å². The van der Waals surface area contributed by atoms with Crippen molar-refractivity contribution in [2.45, 2.75) is 12.8 Å². The van der Waals surface area contributed by atoms with Crippen LogP contribution in [-0.2, 0) is 10.0 Å². The maximum Gasteiger partial charge on any atom is 0.251 e. The highest BCUT2D eigenvalue weighted by atomic mass is 35.5. The SMILES string of the molecule is O=C(NCCN1CCCCS1(=O)=O)c1cccc(Cl)c1. The molecule has 0 bridgehead atoms. The van der Waals surface area contributed by atoms with Crippen LogP contribution in [0.5, 0.6) is 0 Å². The highest BCUT2D eigenvalue weighted by Crippen LogP contribution is 2.13. The molecule has 0 radical (unpaired) electrons. The molecule has 1 aliphatic heterocycles. The van der Waals surface area contributed by atoms with Gasteiger partial charge in [-0.2, -0.15) is 0 Å². The zero-order valence-electron chi connectivity index (χ0n) is 11.0. The maximum absolute atomic E-state index is 11.9. The molecule has 0 saturated carbocycles. The number of nitrogens with zero attached hydrogens (tertiary/aromatic N) is 1. The fraction of sp³-hybridized carbons (Fsp3) is 0.462. The first-order chi connectivity index (χ1) is 9.49. The molecule has 0 spiro atoms. The molecule has 20 heavy (non-hydrogen) atoms. The highest BCUT2D eigenvalue weighted by Gasteiger charge is 2.25. The Labute approximate surface area is 124 Å². The predicted molar refractivity (Wildman–Crippen MR) is 78.4 cm³/mol. The average molecular weight is 317 g/mol. The van der Waals surface area contributed by atoms with E-state index in [2.05, 4.69) is 5.32 Å². The third-order valence-corrected chi connectivity index (χ3v) is 5.38. The number of carbonyl (C=O) groups is 1. The first kappa shape index (κ1) is 15.3. The van der Waals surface area contributed by atoms with E-state index in [1.165, 1.54) is 4.31 Å². The monoisotopic (exact) mass is 316 g/mol. The molecule has 0 aliphatic carbocycles. The Hall–Kier alpha value is -1.11. The number of benzene rings is 1. The third-order valence-electron chi connectivity index (χ3n) is 3.19. The Morgan fingerprint density at radius 3 is 2.85 bits per heavy atom. The van der Waals surface area contributed by atoms with Crippen molar-refractivity contribution in [3.8, 4) is 0 Å². The van der Waals surface area contributed by atoms with Gasteiger partial charge in [-0.05, 0) is 31.0 Å². The predicted octanol–water partition coefficient (Wildman–Crippen LogP) is 1.50. The summed E-state index contributed by atoms with van der Waals surface area (Å²) in [6.07, 6.45) is 1.59. The third kappa shape index (κ3) is 3.94. The van der Waals surface area contributed by atoms with Crippen LogP contribution in [0.4, 0.5) is 0 Å². The topological polar surface area (TPSA) is 66.5 Å². The van der Waals surface area contributed by atoms with E-state index in [0.29, 0.717) is 36.6 Å². The molecule has 1 fully saturated rings. The van der Waals surface area contributed by atoms with Crippen LogP contribution in [0.2, 0.25) is 5.02 Å². The maximum atomic E-state index is 11.9. The number of rotatable bonds is 4. The van der Waals surface area contributed by atoms with Crippen LogP contribution >= 0.6 is 11.6 Å². The second kappa shape index (κ2) is 6.56. The van der Waals surface area contributed by atoms with Gasteiger partial charge >= 0.3 is 0 Å². The number of nitrogens with one attached hydrogen (secondary N) is 1. The van der Waals surface area contributed by atoms with E-state index in [0.717, 1.165) is 6.42 Å². The van der Waals surface area contributed by atoms with Gasteiger partial charge in [0, 0.05) is 30.2 Å². The van der Waals surface area contributed by atoms with Crippen LogP contribution in [0, 0.1) is 0 Å². The number of amides is 1. The fourth-order valence-corrected chi connectivity index (χ4v) is 3.91. The van der Waals surface area contributed by atoms with Gasteiger partial charge in [0.1, 0.15) is 0 Å². The molecule has 2 rings (SSSR count). The van der Waals surface area contributed by atoms with Crippen molar-refractivity contribution >= 4 is 27.5 Å². The van der Waals surface area contributed by atoms with Gasteiger partial charge in [0.2, 0.25) is 10.0 Å². The second-order valence-corrected chi connectivity index (χ2v) is 7.21. The first-order valence-electron chi connectivity index (χ1n) is 6.51. The Kier molecular flexibility index (Phi) is 5.01. The summed E-state index contributed by atoms with van der Waals surface area (Å²) in [6.45, 7) is 1.15. The molecule has 110 valence electrons. The average Bonchev–Trinajstić information content (AvgIpc) is 2.40. The number of hydrogen-bond donors (Lipinski definition) is 1. The number of halogens is 1. The van der Waals surface area contributed by atoms with Crippen LogP contribution in [0.15, 0.2) is 24.3 Å². The normalized spacial score (nSPS) is 18.6. The fourth-order valence-electron chi connectivity index (χ4n) is 2.12. The van der Waals surface area contributed by atoms with Gasteiger partial charge < -0.3 is 5.32 Å². The summed E-state index contributed by atoms with van der Waals surface area (Å²) in [7, 11) is -3.13. The molecule has 1 N–H and O–H groups in total. The Bertz CT molecular complexity index is 589. The Balaban J connectivity index is 1.85. The van der Waals surface area contributed by atoms with Crippen molar-refractivity contribution < 1.29 is 13.2 Å². The molecule has 1 heterocycles. The van der Waals surface area contributed by atoms with Crippen LogP contribution in [0.25, 0.3) is 0 Å². The van der Waals surface area contributed by atoms with Crippen molar-refractivity contribution in [3.63, 3.8) is 0 Å². The van der Waals surface area contributed by atoms with Gasteiger partial charge in [-0.1, -0.05) is 17.7 Å². The van der Waals surface area contributed by atoms with Crippen molar-refractivity contribution in [2.75, 3.05) is 25.4 Å². The highest BCUT2D eigenvalue weighted by molar-refractivity contribution is 7.89. The summed E-state index contributed by atoms with van der Waals surface area (Å²) >= 11 is 5.81.